The number of nitrogens with two attached hydrogens (primary N) is 1. The van der Waals surface area contributed by atoms with Crippen molar-refractivity contribution in [2.24, 2.45) is 5.73 Å². The van der Waals surface area contributed by atoms with Crippen LogP contribution in [0.1, 0.15) is 18.1 Å². The van der Waals surface area contributed by atoms with Crippen LogP contribution in [0.15, 0.2) is 60.2 Å². The average molecular weight is 450 g/mol. The highest BCUT2D eigenvalue weighted by Crippen LogP contribution is 2.14. The van der Waals surface area contributed by atoms with Crippen LogP contribution in [0.2, 0.25) is 0 Å². The lowest BCUT2D eigenvalue weighted by atomic mass is 10.1. The van der Waals surface area contributed by atoms with Crippen LogP contribution < -0.4 is 11.1 Å². The molecule has 0 spiro atoms. The van der Waals surface area contributed by atoms with Gasteiger partial charge in [-0.05, 0) is 29.3 Å². The number of imide groups is 1. The second kappa shape index (κ2) is 12.8. The van der Waals surface area contributed by atoms with E-state index in [-0.39, 0.29) is 37.6 Å². The zero-order valence-electron chi connectivity index (χ0n) is 18.2. The van der Waals surface area contributed by atoms with Crippen LogP contribution in [0.25, 0.3) is 6.08 Å². The van der Waals surface area contributed by atoms with Crippen molar-refractivity contribution in [3.63, 3.8) is 0 Å². The van der Waals surface area contributed by atoms with Crippen molar-refractivity contribution >= 4 is 23.8 Å². The molecule has 1 unspecified atom stereocenters. The van der Waals surface area contributed by atoms with E-state index >= 15 is 0 Å². The lowest BCUT2D eigenvalue weighted by molar-refractivity contribution is -0.146. The largest absolute Gasteiger partial charge is 0.508 e. The normalized spacial score (nSPS) is 11.8. The molecule has 2 aromatic rings. The summed E-state index contributed by atoms with van der Waals surface area (Å²) in [7, 11) is 0. The van der Waals surface area contributed by atoms with Gasteiger partial charge in [-0.15, -0.1) is 0 Å². The third-order valence-electron chi connectivity index (χ3n) is 4.49. The first kappa shape index (κ1) is 25.3. The van der Waals surface area contributed by atoms with E-state index in [9.17, 15) is 24.8 Å². The maximum Gasteiger partial charge on any atom is 0.271 e. The highest BCUT2D eigenvalue weighted by Gasteiger charge is 2.31. The van der Waals surface area contributed by atoms with E-state index in [0.717, 1.165) is 10.5 Å². The summed E-state index contributed by atoms with van der Waals surface area (Å²) in [6.45, 7) is 1.09. The molecule has 172 valence electrons. The summed E-state index contributed by atoms with van der Waals surface area (Å²) in [5.41, 5.74) is 6.67. The Balaban J connectivity index is 2.21. The number of carbonyl (C=O) groups excluding carboxylic acids is 3. The second-order valence-electron chi connectivity index (χ2n) is 7.10. The Morgan fingerprint density at radius 1 is 1.18 bits per heavy atom. The number of benzene rings is 2. The van der Waals surface area contributed by atoms with Crippen LogP contribution in [0.4, 0.5) is 0 Å². The molecule has 0 aliphatic rings. The van der Waals surface area contributed by atoms with Crippen LogP contribution in [0, 0.1) is 11.3 Å². The van der Waals surface area contributed by atoms with Crippen LogP contribution in [0.3, 0.4) is 0 Å². The molecule has 1 atom stereocenters. The van der Waals surface area contributed by atoms with Gasteiger partial charge in [0, 0.05) is 20.0 Å². The van der Waals surface area contributed by atoms with Crippen LogP contribution in [-0.4, -0.2) is 53.5 Å². The third kappa shape index (κ3) is 7.88. The number of hydrogen-bond donors (Lipinski definition) is 3. The van der Waals surface area contributed by atoms with Crippen LogP contribution >= 0.6 is 0 Å². The minimum Gasteiger partial charge on any atom is -0.508 e. The van der Waals surface area contributed by atoms with E-state index in [1.807, 2.05) is 30.3 Å². The fraction of sp³-hybridized carbons (Fsp3) is 0.250. The standard InChI is InChI=1S/C24H26N4O5/c1-17(29)27-22(16-33-15-19-5-3-2-4-6-19)24(32)28(12-11-25)23(31)20(14-26)13-18-7-9-21(30)10-8-18/h2-10,13,22,30H,11-12,15-16,25H2,1H3,(H,27,29). The van der Waals surface area contributed by atoms with Crippen molar-refractivity contribution in [3.05, 3.63) is 71.3 Å². The molecule has 0 aliphatic carbocycles. The summed E-state index contributed by atoms with van der Waals surface area (Å²) in [6.07, 6.45) is 1.30. The molecule has 0 heterocycles. The fourth-order valence-electron chi connectivity index (χ4n) is 2.94. The van der Waals surface area contributed by atoms with Gasteiger partial charge >= 0.3 is 0 Å². The molecule has 0 saturated carbocycles. The smallest absolute Gasteiger partial charge is 0.271 e. The van der Waals surface area contributed by atoms with E-state index in [2.05, 4.69) is 5.32 Å². The zero-order valence-corrected chi connectivity index (χ0v) is 18.2. The zero-order chi connectivity index (χ0) is 24.2. The average Bonchev–Trinajstić information content (AvgIpc) is 2.81. The summed E-state index contributed by atoms with van der Waals surface area (Å²) in [5.74, 6) is -2.03. The Bertz CT molecular complexity index is 1030. The molecule has 0 aliphatic heterocycles. The fourth-order valence-corrected chi connectivity index (χ4v) is 2.94. The molecule has 4 N–H and O–H groups in total. The van der Waals surface area contributed by atoms with E-state index in [4.69, 9.17) is 10.5 Å². The second-order valence-corrected chi connectivity index (χ2v) is 7.10. The van der Waals surface area contributed by atoms with Gasteiger partial charge in [0.05, 0.1) is 13.2 Å². The minimum atomic E-state index is -1.14. The van der Waals surface area contributed by atoms with Gasteiger partial charge in [-0.2, -0.15) is 5.26 Å². The quantitative estimate of drug-likeness (QED) is 0.366. The van der Waals surface area contributed by atoms with Gasteiger partial charge in [-0.25, -0.2) is 0 Å². The molecular formula is C24H26N4O5. The molecule has 0 saturated heterocycles. The van der Waals surface area contributed by atoms with Gasteiger partial charge in [-0.1, -0.05) is 42.5 Å². The van der Waals surface area contributed by atoms with Gasteiger partial charge in [-0.3, -0.25) is 19.3 Å². The summed E-state index contributed by atoms with van der Waals surface area (Å²) in [4.78, 5) is 38.7. The summed E-state index contributed by atoms with van der Waals surface area (Å²) < 4.78 is 5.60. The molecule has 33 heavy (non-hydrogen) atoms. The molecule has 3 amide bonds. The maximum absolute atomic E-state index is 13.2. The van der Waals surface area contributed by atoms with Crippen molar-refractivity contribution in [1.82, 2.24) is 10.2 Å². The van der Waals surface area contributed by atoms with Crippen LogP contribution in [0.5, 0.6) is 5.75 Å². The Hall–Kier alpha value is -4.00. The number of nitriles is 1. The van der Waals surface area contributed by atoms with Gasteiger partial charge in [0.15, 0.2) is 0 Å². The number of aromatic hydroxyl groups is 1. The van der Waals surface area contributed by atoms with Crippen molar-refractivity contribution in [2.45, 2.75) is 19.6 Å². The molecule has 9 nitrogen and oxygen atoms in total. The van der Waals surface area contributed by atoms with Gasteiger partial charge in [0.1, 0.15) is 23.4 Å². The van der Waals surface area contributed by atoms with Gasteiger partial charge < -0.3 is 20.9 Å². The molecule has 0 bridgehead atoms. The molecule has 2 aromatic carbocycles. The maximum atomic E-state index is 13.2. The number of nitrogens with zero attached hydrogens (tertiary/aromatic N) is 2. The number of rotatable bonds is 10. The number of carbonyl (C=O) groups is 3. The van der Waals surface area contributed by atoms with Crippen molar-refractivity contribution in [1.29, 1.82) is 5.26 Å². The van der Waals surface area contributed by atoms with Crippen molar-refractivity contribution < 1.29 is 24.2 Å². The van der Waals surface area contributed by atoms with Crippen molar-refractivity contribution in [3.8, 4) is 11.8 Å². The number of phenols is 1. The van der Waals surface area contributed by atoms with Crippen molar-refractivity contribution in [2.75, 3.05) is 19.7 Å². The molecule has 9 heteroatoms. The monoisotopic (exact) mass is 450 g/mol. The van der Waals surface area contributed by atoms with E-state index in [1.165, 1.54) is 37.3 Å². The molecule has 2 rings (SSSR count). The predicted octanol–water partition coefficient (Wildman–Crippen LogP) is 1.33. The van der Waals surface area contributed by atoms with Gasteiger partial charge in [0.25, 0.3) is 11.8 Å². The number of phenolic OH excluding ortho intramolecular Hbond substituents is 1. The highest BCUT2D eigenvalue weighted by molar-refractivity contribution is 6.10. The first-order valence-corrected chi connectivity index (χ1v) is 10.2. The van der Waals surface area contributed by atoms with E-state index in [1.54, 1.807) is 6.07 Å². The summed E-state index contributed by atoms with van der Waals surface area (Å²) in [6, 6.07) is 15.8. The summed E-state index contributed by atoms with van der Waals surface area (Å²) in [5, 5.41) is 21.4. The van der Waals surface area contributed by atoms with E-state index in [0.29, 0.717) is 5.56 Å². The van der Waals surface area contributed by atoms with E-state index < -0.39 is 23.8 Å². The molecule has 0 fully saturated rings. The summed E-state index contributed by atoms with van der Waals surface area (Å²) >= 11 is 0. The number of nitrogens with one attached hydrogen (secondary N) is 1. The SMILES string of the molecule is CC(=O)NC(COCc1ccccc1)C(=O)N(CCN)C(=O)C(C#N)=Cc1ccc(O)cc1. The Labute approximate surface area is 192 Å². The highest BCUT2D eigenvalue weighted by atomic mass is 16.5. The topological polar surface area (TPSA) is 146 Å². The molecule has 0 radical (unpaired) electrons. The Kier molecular flexibility index (Phi) is 9.77. The first-order valence-electron chi connectivity index (χ1n) is 10.2. The lowest BCUT2D eigenvalue weighted by Crippen LogP contribution is -2.53. The third-order valence-corrected chi connectivity index (χ3v) is 4.49. The lowest BCUT2D eigenvalue weighted by Gasteiger charge is -2.25. The molecule has 0 aromatic heterocycles. The molecular weight excluding hydrogens is 424 g/mol. The minimum absolute atomic E-state index is 0.0329. The van der Waals surface area contributed by atoms with Gasteiger partial charge in [0.2, 0.25) is 5.91 Å². The number of amides is 3. The Morgan fingerprint density at radius 3 is 2.42 bits per heavy atom. The number of hydrogen-bond acceptors (Lipinski definition) is 7. The number of ether oxygens (including phenoxy) is 1. The predicted molar refractivity (Wildman–Crippen MR) is 121 cm³/mol. The Morgan fingerprint density at radius 2 is 1.85 bits per heavy atom. The van der Waals surface area contributed by atoms with Crippen LogP contribution in [-0.2, 0) is 25.7 Å². The first-order chi connectivity index (χ1) is 15.8.